The predicted molar refractivity (Wildman–Crippen MR) is 64.7 cm³/mol. The minimum absolute atomic E-state index is 0.0441. The minimum Gasteiger partial charge on any atom is -0.493 e. The van der Waals surface area contributed by atoms with Crippen molar-refractivity contribution in [3.05, 3.63) is 29.5 Å². The average molecular weight is 219 g/mol. The van der Waals surface area contributed by atoms with Crippen LogP contribution in [0.4, 0.5) is 0 Å². The van der Waals surface area contributed by atoms with Gasteiger partial charge in [-0.05, 0) is 37.1 Å². The van der Waals surface area contributed by atoms with Gasteiger partial charge in [-0.2, -0.15) is 0 Å². The maximum Gasteiger partial charge on any atom is 0.176 e. The molecule has 86 valence electrons. The molecule has 2 rings (SSSR count). The topological polar surface area (TPSA) is 48.4 Å². The number of nitrogens with two attached hydrogens (primary N) is 1. The summed E-state index contributed by atoms with van der Waals surface area (Å²) >= 11 is 0. The van der Waals surface area contributed by atoms with E-state index in [9.17, 15) is 0 Å². The molecule has 3 nitrogen and oxygen atoms in total. The molecule has 0 aliphatic rings. The third-order valence-electron chi connectivity index (χ3n) is 2.77. The highest BCUT2D eigenvalue weighted by atomic mass is 16.5. The first kappa shape index (κ1) is 11.0. The third-order valence-corrected chi connectivity index (χ3v) is 2.77. The number of hydrogen-bond acceptors (Lipinski definition) is 3. The molecule has 1 heterocycles. The van der Waals surface area contributed by atoms with Crippen LogP contribution in [-0.2, 0) is 0 Å². The zero-order valence-corrected chi connectivity index (χ0v) is 9.91. The molecule has 0 amide bonds. The average Bonchev–Trinajstić information content (AvgIpc) is 2.70. The summed E-state index contributed by atoms with van der Waals surface area (Å²) < 4.78 is 11.0. The fourth-order valence-corrected chi connectivity index (χ4v) is 1.82. The van der Waals surface area contributed by atoms with Crippen LogP contribution in [-0.4, -0.2) is 7.11 Å². The molecule has 16 heavy (non-hydrogen) atoms. The van der Waals surface area contributed by atoms with Gasteiger partial charge in [0.1, 0.15) is 5.76 Å². The third kappa shape index (κ3) is 1.78. The molecule has 0 fully saturated rings. The number of aryl methyl sites for hydroxylation is 1. The second-order valence-electron chi connectivity index (χ2n) is 4.05. The van der Waals surface area contributed by atoms with Gasteiger partial charge in [-0.3, -0.25) is 0 Å². The van der Waals surface area contributed by atoms with Crippen molar-refractivity contribution >= 4 is 11.0 Å². The Morgan fingerprint density at radius 1 is 1.38 bits per heavy atom. The van der Waals surface area contributed by atoms with Crippen LogP contribution < -0.4 is 10.5 Å². The smallest absolute Gasteiger partial charge is 0.176 e. The van der Waals surface area contributed by atoms with Gasteiger partial charge in [0.15, 0.2) is 11.3 Å². The van der Waals surface area contributed by atoms with Gasteiger partial charge >= 0.3 is 0 Å². The van der Waals surface area contributed by atoms with E-state index in [4.69, 9.17) is 14.9 Å². The van der Waals surface area contributed by atoms with Crippen molar-refractivity contribution in [2.75, 3.05) is 7.11 Å². The zero-order valence-electron chi connectivity index (χ0n) is 9.91. The summed E-state index contributed by atoms with van der Waals surface area (Å²) in [4.78, 5) is 0. The SMILES string of the molecule is CCC(N)c1cc2cc(C)cc(OC)c2o1. The Kier molecular flexibility index (Phi) is 2.88. The molecule has 0 aliphatic carbocycles. The fourth-order valence-electron chi connectivity index (χ4n) is 1.82. The normalized spacial score (nSPS) is 13.0. The lowest BCUT2D eigenvalue weighted by Crippen LogP contribution is -2.06. The summed E-state index contributed by atoms with van der Waals surface area (Å²) in [5, 5.41) is 1.05. The van der Waals surface area contributed by atoms with Crippen LogP contribution in [0.2, 0.25) is 0 Å². The Hall–Kier alpha value is -1.48. The maximum absolute atomic E-state index is 5.95. The molecule has 1 aromatic carbocycles. The van der Waals surface area contributed by atoms with Gasteiger partial charge < -0.3 is 14.9 Å². The highest BCUT2D eigenvalue weighted by Crippen LogP contribution is 2.32. The fraction of sp³-hybridized carbons (Fsp3) is 0.385. The first-order chi connectivity index (χ1) is 7.65. The Balaban J connectivity index is 2.60. The van der Waals surface area contributed by atoms with Crippen LogP contribution in [0.25, 0.3) is 11.0 Å². The van der Waals surface area contributed by atoms with Crippen LogP contribution >= 0.6 is 0 Å². The van der Waals surface area contributed by atoms with Crippen LogP contribution in [0.5, 0.6) is 5.75 Å². The van der Waals surface area contributed by atoms with Crippen molar-refractivity contribution in [2.24, 2.45) is 5.73 Å². The number of benzene rings is 1. The molecular weight excluding hydrogens is 202 g/mol. The van der Waals surface area contributed by atoms with Crippen molar-refractivity contribution in [2.45, 2.75) is 26.3 Å². The molecule has 0 radical (unpaired) electrons. The summed E-state index contributed by atoms with van der Waals surface area (Å²) in [5.74, 6) is 1.59. The summed E-state index contributed by atoms with van der Waals surface area (Å²) in [6.45, 7) is 4.08. The molecule has 0 saturated carbocycles. The molecule has 1 aromatic heterocycles. The second-order valence-corrected chi connectivity index (χ2v) is 4.05. The highest BCUT2D eigenvalue weighted by molar-refractivity contribution is 5.84. The van der Waals surface area contributed by atoms with E-state index >= 15 is 0 Å². The maximum atomic E-state index is 5.95. The number of fused-ring (bicyclic) bond motifs is 1. The van der Waals surface area contributed by atoms with Crippen molar-refractivity contribution < 1.29 is 9.15 Å². The van der Waals surface area contributed by atoms with Crippen LogP contribution in [0.15, 0.2) is 22.6 Å². The molecule has 3 heteroatoms. The molecule has 0 spiro atoms. The molecule has 0 bridgehead atoms. The lowest BCUT2D eigenvalue weighted by molar-refractivity contribution is 0.403. The Labute approximate surface area is 95.2 Å². The Morgan fingerprint density at radius 3 is 2.75 bits per heavy atom. The van der Waals surface area contributed by atoms with E-state index in [1.165, 1.54) is 0 Å². The number of ether oxygens (including phenoxy) is 1. The van der Waals surface area contributed by atoms with Gasteiger partial charge in [0, 0.05) is 5.39 Å². The van der Waals surface area contributed by atoms with E-state index in [0.29, 0.717) is 0 Å². The van der Waals surface area contributed by atoms with E-state index in [1.54, 1.807) is 7.11 Å². The van der Waals surface area contributed by atoms with Gasteiger partial charge in [-0.25, -0.2) is 0 Å². The first-order valence-corrected chi connectivity index (χ1v) is 5.49. The van der Waals surface area contributed by atoms with Crippen molar-refractivity contribution in [3.8, 4) is 5.75 Å². The van der Waals surface area contributed by atoms with Crippen molar-refractivity contribution in [3.63, 3.8) is 0 Å². The van der Waals surface area contributed by atoms with Crippen molar-refractivity contribution in [1.82, 2.24) is 0 Å². The van der Waals surface area contributed by atoms with Crippen molar-refractivity contribution in [1.29, 1.82) is 0 Å². The monoisotopic (exact) mass is 219 g/mol. The molecule has 1 unspecified atom stereocenters. The van der Waals surface area contributed by atoms with E-state index in [-0.39, 0.29) is 6.04 Å². The molecule has 0 saturated heterocycles. The summed E-state index contributed by atoms with van der Waals surface area (Å²) in [5.41, 5.74) is 7.89. The number of methoxy groups -OCH3 is 1. The van der Waals surface area contributed by atoms with Gasteiger partial charge in [0.25, 0.3) is 0 Å². The molecular formula is C13H17NO2. The predicted octanol–water partition coefficient (Wildman–Crippen LogP) is 3.16. The van der Waals surface area contributed by atoms with Gasteiger partial charge in [-0.15, -0.1) is 0 Å². The summed E-state index contributed by atoms with van der Waals surface area (Å²) in [6.07, 6.45) is 0.862. The number of furan rings is 1. The highest BCUT2D eigenvalue weighted by Gasteiger charge is 2.13. The number of hydrogen-bond donors (Lipinski definition) is 1. The minimum atomic E-state index is -0.0441. The quantitative estimate of drug-likeness (QED) is 0.862. The van der Waals surface area contributed by atoms with Gasteiger partial charge in [0.2, 0.25) is 0 Å². The molecule has 2 N–H and O–H groups in total. The van der Waals surface area contributed by atoms with Gasteiger partial charge in [-0.1, -0.05) is 6.92 Å². The standard InChI is InChI=1S/C13H17NO2/c1-4-10(14)11-7-9-5-8(2)6-12(15-3)13(9)16-11/h5-7,10H,4,14H2,1-3H3. The summed E-state index contributed by atoms with van der Waals surface area (Å²) in [7, 11) is 1.65. The van der Waals surface area contributed by atoms with E-state index in [2.05, 4.69) is 6.07 Å². The van der Waals surface area contributed by atoms with Crippen LogP contribution in [0.3, 0.4) is 0 Å². The second kappa shape index (κ2) is 4.18. The first-order valence-electron chi connectivity index (χ1n) is 5.49. The van der Waals surface area contributed by atoms with Crippen LogP contribution in [0, 0.1) is 6.92 Å². The zero-order chi connectivity index (χ0) is 11.7. The Morgan fingerprint density at radius 2 is 2.12 bits per heavy atom. The van der Waals surface area contributed by atoms with Gasteiger partial charge in [0.05, 0.1) is 13.2 Å². The summed E-state index contributed by atoms with van der Waals surface area (Å²) in [6, 6.07) is 6.00. The van der Waals surface area contributed by atoms with Crippen LogP contribution in [0.1, 0.15) is 30.7 Å². The van der Waals surface area contributed by atoms with E-state index in [1.807, 2.05) is 26.0 Å². The lowest BCUT2D eigenvalue weighted by Gasteiger charge is -2.03. The number of rotatable bonds is 3. The van der Waals surface area contributed by atoms with E-state index < -0.39 is 0 Å². The molecule has 0 aliphatic heterocycles. The largest absolute Gasteiger partial charge is 0.493 e. The van der Waals surface area contributed by atoms with E-state index in [0.717, 1.165) is 34.5 Å². The molecule has 1 atom stereocenters. The lowest BCUT2D eigenvalue weighted by atomic mass is 10.1. The Bertz CT molecular complexity index is 502. The molecule has 2 aromatic rings.